The van der Waals surface area contributed by atoms with Crippen molar-refractivity contribution in [3.05, 3.63) is 87.4 Å². The molecule has 5 nitrogen and oxygen atoms in total. The van der Waals surface area contributed by atoms with Gasteiger partial charge in [0.2, 0.25) is 0 Å². The molecule has 2 heterocycles. The zero-order valence-electron chi connectivity index (χ0n) is 17.9. The molecule has 158 valence electrons. The van der Waals surface area contributed by atoms with Crippen LogP contribution in [0.1, 0.15) is 53.1 Å². The van der Waals surface area contributed by atoms with E-state index < -0.39 is 17.7 Å². The summed E-state index contributed by atoms with van der Waals surface area (Å²) in [7, 11) is 0. The lowest BCUT2D eigenvalue weighted by Crippen LogP contribution is -2.29. The van der Waals surface area contributed by atoms with Crippen molar-refractivity contribution in [2.45, 2.75) is 39.7 Å². The maximum absolute atomic E-state index is 13.1. The summed E-state index contributed by atoms with van der Waals surface area (Å²) in [5.41, 5.74) is 3.31. The summed E-state index contributed by atoms with van der Waals surface area (Å²) in [5, 5.41) is 11.5. The predicted molar refractivity (Wildman–Crippen MR) is 123 cm³/mol. The number of hydrogen-bond donors (Lipinski definition) is 1. The van der Waals surface area contributed by atoms with Crippen LogP contribution in [0.4, 0.5) is 5.13 Å². The molecule has 1 aromatic heterocycles. The Morgan fingerprint density at radius 2 is 1.68 bits per heavy atom. The minimum absolute atomic E-state index is 0.0824. The standard InChI is InChI=1S/C25H24N2O3S/c1-14(2)17-10-12-18(13-11-17)21-20(22(28)19-8-6-5-7-9-19)23(29)24(30)27(21)25-26-15(3)16(4)31-25/h5-14,21,28H,1-4H3/b22-20+/t21-/m0/s1. The Hall–Kier alpha value is -3.25. The third kappa shape index (κ3) is 3.68. The number of ketones is 1. The molecule has 3 aromatic rings. The van der Waals surface area contributed by atoms with Crippen LogP contribution in [0.15, 0.2) is 60.2 Å². The van der Waals surface area contributed by atoms with Crippen molar-refractivity contribution in [3.63, 3.8) is 0 Å². The summed E-state index contributed by atoms with van der Waals surface area (Å²) >= 11 is 1.37. The van der Waals surface area contributed by atoms with Crippen LogP contribution in [0.25, 0.3) is 5.76 Å². The number of aryl methyl sites for hydroxylation is 2. The molecule has 1 atom stereocenters. The van der Waals surface area contributed by atoms with Crippen molar-refractivity contribution >= 4 is 33.9 Å². The number of aliphatic hydroxyl groups excluding tert-OH is 1. The van der Waals surface area contributed by atoms with Crippen LogP contribution in [-0.2, 0) is 9.59 Å². The zero-order chi connectivity index (χ0) is 22.3. The molecule has 1 amide bonds. The Bertz CT molecular complexity index is 1160. The Labute approximate surface area is 185 Å². The molecule has 0 bridgehead atoms. The van der Waals surface area contributed by atoms with Gasteiger partial charge >= 0.3 is 5.91 Å². The van der Waals surface area contributed by atoms with Gasteiger partial charge in [-0.15, -0.1) is 11.3 Å². The average Bonchev–Trinajstić information content (AvgIpc) is 3.23. The van der Waals surface area contributed by atoms with Gasteiger partial charge in [-0.1, -0.05) is 68.4 Å². The average molecular weight is 433 g/mol. The van der Waals surface area contributed by atoms with Gasteiger partial charge in [-0.05, 0) is 30.9 Å². The van der Waals surface area contributed by atoms with E-state index in [0.717, 1.165) is 21.7 Å². The van der Waals surface area contributed by atoms with E-state index in [1.165, 1.54) is 16.2 Å². The van der Waals surface area contributed by atoms with Crippen molar-refractivity contribution in [3.8, 4) is 0 Å². The third-order valence-corrected chi connectivity index (χ3v) is 6.71. The van der Waals surface area contributed by atoms with Crippen LogP contribution >= 0.6 is 11.3 Å². The number of benzene rings is 2. The number of hydrogen-bond acceptors (Lipinski definition) is 5. The van der Waals surface area contributed by atoms with Gasteiger partial charge in [0.25, 0.3) is 5.78 Å². The summed E-state index contributed by atoms with van der Waals surface area (Å²) in [6.45, 7) is 8.03. The highest BCUT2D eigenvalue weighted by Gasteiger charge is 2.48. The molecule has 2 aromatic carbocycles. The molecule has 1 fully saturated rings. The van der Waals surface area contributed by atoms with E-state index in [0.29, 0.717) is 16.6 Å². The molecular formula is C25H24N2O3S. The maximum Gasteiger partial charge on any atom is 0.301 e. The molecule has 1 aliphatic rings. The topological polar surface area (TPSA) is 70.5 Å². The first-order valence-electron chi connectivity index (χ1n) is 10.2. The fraction of sp³-hybridized carbons (Fsp3) is 0.240. The van der Waals surface area contributed by atoms with Gasteiger partial charge in [0, 0.05) is 10.4 Å². The van der Waals surface area contributed by atoms with E-state index >= 15 is 0 Å². The van der Waals surface area contributed by atoms with Crippen molar-refractivity contribution in [2.75, 3.05) is 4.90 Å². The van der Waals surface area contributed by atoms with Crippen LogP contribution in [0.3, 0.4) is 0 Å². The van der Waals surface area contributed by atoms with Crippen molar-refractivity contribution in [1.29, 1.82) is 0 Å². The van der Waals surface area contributed by atoms with E-state index in [4.69, 9.17) is 0 Å². The number of amides is 1. The largest absolute Gasteiger partial charge is 0.507 e. The van der Waals surface area contributed by atoms with Gasteiger partial charge in [-0.25, -0.2) is 4.98 Å². The monoisotopic (exact) mass is 432 g/mol. The maximum atomic E-state index is 13.1. The number of Topliss-reactive ketones (excluding diaryl/α,β-unsaturated/α-hetero) is 1. The quantitative estimate of drug-likeness (QED) is 0.335. The normalized spacial score (nSPS) is 18.2. The predicted octanol–water partition coefficient (Wildman–Crippen LogP) is 5.51. The second kappa shape index (κ2) is 8.12. The first-order chi connectivity index (χ1) is 14.8. The number of nitrogens with zero attached hydrogens (tertiary/aromatic N) is 2. The van der Waals surface area contributed by atoms with Crippen molar-refractivity contribution < 1.29 is 14.7 Å². The zero-order valence-corrected chi connectivity index (χ0v) is 18.7. The lowest BCUT2D eigenvalue weighted by Gasteiger charge is -2.23. The van der Waals surface area contributed by atoms with Crippen LogP contribution in [0.2, 0.25) is 0 Å². The lowest BCUT2D eigenvalue weighted by atomic mass is 9.93. The molecule has 1 saturated heterocycles. The third-order valence-electron chi connectivity index (χ3n) is 5.63. The first kappa shape index (κ1) is 21.0. The highest BCUT2D eigenvalue weighted by atomic mass is 32.1. The van der Waals surface area contributed by atoms with E-state index in [9.17, 15) is 14.7 Å². The Morgan fingerprint density at radius 3 is 2.23 bits per heavy atom. The second-order valence-electron chi connectivity index (χ2n) is 7.99. The number of aromatic nitrogens is 1. The number of rotatable bonds is 4. The molecule has 1 aliphatic heterocycles. The number of aliphatic hydroxyl groups is 1. The molecule has 0 radical (unpaired) electrons. The summed E-state index contributed by atoms with van der Waals surface area (Å²) in [6.07, 6.45) is 0. The number of carbonyl (C=O) groups is 2. The lowest BCUT2D eigenvalue weighted by molar-refractivity contribution is -0.132. The Morgan fingerprint density at radius 1 is 1.03 bits per heavy atom. The molecule has 6 heteroatoms. The summed E-state index contributed by atoms with van der Waals surface area (Å²) in [4.78, 5) is 33.2. The van der Waals surface area contributed by atoms with E-state index in [1.54, 1.807) is 24.3 Å². The Kier molecular flexibility index (Phi) is 5.50. The molecule has 0 saturated carbocycles. The van der Waals surface area contributed by atoms with E-state index in [1.807, 2.05) is 44.2 Å². The Balaban J connectivity index is 1.93. The molecule has 0 unspecified atom stereocenters. The number of thiazole rings is 1. The smallest absolute Gasteiger partial charge is 0.301 e. The highest BCUT2D eigenvalue weighted by Crippen LogP contribution is 2.43. The van der Waals surface area contributed by atoms with E-state index in [-0.39, 0.29) is 11.3 Å². The molecular weight excluding hydrogens is 408 g/mol. The van der Waals surface area contributed by atoms with Gasteiger partial charge in [-0.2, -0.15) is 0 Å². The van der Waals surface area contributed by atoms with Gasteiger partial charge in [0.15, 0.2) is 5.13 Å². The van der Waals surface area contributed by atoms with Gasteiger partial charge in [0.1, 0.15) is 5.76 Å². The molecule has 1 N–H and O–H groups in total. The molecule has 31 heavy (non-hydrogen) atoms. The first-order valence-corrected chi connectivity index (χ1v) is 11.0. The SMILES string of the molecule is Cc1nc(N2C(=O)C(=O)/C(=C(/O)c3ccccc3)[C@@H]2c2ccc(C(C)C)cc2)sc1C. The fourth-order valence-corrected chi connectivity index (χ4v) is 4.66. The van der Waals surface area contributed by atoms with Crippen LogP contribution in [0, 0.1) is 13.8 Å². The molecule has 0 aliphatic carbocycles. The number of carbonyl (C=O) groups excluding carboxylic acids is 2. The minimum Gasteiger partial charge on any atom is -0.507 e. The highest BCUT2D eigenvalue weighted by molar-refractivity contribution is 7.16. The minimum atomic E-state index is -0.744. The second-order valence-corrected chi connectivity index (χ2v) is 9.18. The van der Waals surface area contributed by atoms with Crippen molar-refractivity contribution in [2.24, 2.45) is 0 Å². The summed E-state index contributed by atoms with van der Waals surface area (Å²) < 4.78 is 0. The van der Waals surface area contributed by atoms with Crippen LogP contribution in [0.5, 0.6) is 0 Å². The van der Waals surface area contributed by atoms with Crippen LogP contribution < -0.4 is 4.90 Å². The summed E-state index contributed by atoms with van der Waals surface area (Å²) in [5.74, 6) is -1.20. The van der Waals surface area contributed by atoms with Gasteiger partial charge in [0.05, 0.1) is 17.3 Å². The van der Waals surface area contributed by atoms with Crippen molar-refractivity contribution in [1.82, 2.24) is 4.98 Å². The van der Waals surface area contributed by atoms with Gasteiger partial charge < -0.3 is 5.11 Å². The molecule has 4 rings (SSSR count). The van der Waals surface area contributed by atoms with E-state index in [2.05, 4.69) is 18.8 Å². The number of anilines is 1. The van der Waals surface area contributed by atoms with Gasteiger partial charge in [-0.3, -0.25) is 14.5 Å². The molecule has 0 spiro atoms. The summed E-state index contributed by atoms with van der Waals surface area (Å²) in [6, 6.07) is 15.9. The van der Waals surface area contributed by atoms with Crippen LogP contribution in [-0.4, -0.2) is 21.8 Å². The fourth-order valence-electron chi connectivity index (χ4n) is 3.72.